The standard InChI is InChI=1S/C15H21NO4/c1-15(2)19-10-13(20-15)16(3)12-7-5-11(6-8-12)9-14(17)18-4/h5-8,13H,9-10H2,1-4H3. The van der Waals surface area contributed by atoms with E-state index in [2.05, 4.69) is 4.74 Å². The molecule has 1 unspecified atom stereocenters. The van der Waals surface area contributed by atoms with Crippen molar-refractivity contribution in [2.45, 2.75) is 32.3 Å². The minimum atomic E-state index is -0.538. The Bertz CT molecular complexity index is 469. The highest BCUT2D eigenvalue weighted by atomic mass is 16.8. The number of rotatable bonds is 4. The van der Waals surface area contributed by atoms with Crippen LogP contribution in [0, 0.1) is 0 Å². The Balaban J connectivity index is 2.01. The molecule has 110 valence electrons. The Morgan fingerprint density at radius 2 is 2.05 bits per heavy atom. The Hall–Kier alpha value is -1.59. The van der Waals surface area contributed by atoms with Crippen LogP contribution in [0.15, 0.2) is 24.3 Å². The van der Waals surface area contributed by atoms with Crippen molar-refractivity contribution in [1.29, 1.82) is 0 Å². The van der Waals surface area contributed by atoms with Crippen molar-refractivity contribution in [2.75, 3.05) is 25.7 Å². The number of carbonyl (C=O) groups excluding carboxylic acids is 1. The number of nitrogens with zero attached hydrogens (tertiary/aromatic N) is 1. The van der Waals surface area contributed by atoms with Crippen molar-refractivity contribution in [3.8, 4) is 0 Å². The smallest absolute Gasteiger partial charge is 0.309 e. The third-order valence-electron chi connectivity index (χ3n) is 3.35. The summed E-state index contributed by atoms with van der Waals surface area (Å²) in [5, 5.41) is 0. The molecule has 0 saturated carbocycles. The topological polar surface area (TPSA) is 48.0 Å². The molecular weight excluding hydrogens is 258 g/mol. The molecule has 0 spiro atoms. The summed E-state index contributed by atoms with van der Waals surface area (Å²) in [6.45, 7) is 4.34. The van der Waals surface area contributed by atoms with Crippen molar-refractivity contribution >= 4 is 11.7 Å². The van der Waals surface area contributed by atoms with Crippen LogP contribution in [0.25, 0.3) is 0 Å². The highest BCUT2D eigenvalue weighted by molar-refractivity contribution is 5.72. The molecule has 1 aliphatic heterocycles. The first-order chi connectivity index (χ1) is 9.41. The maximum atomic E-state index is 11.2. The number of esters is 1. The van der Waals surface area contributed by atoms with Crippen LogP contribution in [-0.4, -0.2) is 38.7 Å². The predicted molar refractivity (Wildman–Crippen MR) is 75.5 cm³/mol. The van der Waals surface area contributed by atoms with E-state index < -0.39 is 5.79 Å². The maximum Gasteiger partial charge on any atom is 0.309 e. The predicted octanol–water partition coefficient (Wildman–Crippen LogP) is 1.95. The van der Waals surface area contributed by atoms with Gasteiger partial charge in [0.15, 0.2) is 12.0 Å². The molecule has 1 aromatic carbocycles. The molecule has 0 aliphatic carbocycles. The third kappa shape index (κ3) is 3.49. The zero-order valence-electron chi connectivity index (χ0n) is 12.4. The first-order valence-corrected chi connectivity index (χ1v) is 6.61. The molecule has 1 heterocycles. The molecule has 1 atom stereocenters. The van der Waals surface area contributed by atoms with Gasteiger partial charge in [-0.2, -0.15) is 0 Å². The monoisotopic (exact) mass is 279 g/mol. The fourth-order valence-corrected chi connectivity index (χ4v) is 2.11. The summed E-state index contributed by atoms with van der Waals surface area (Å²) in [5.74, 6) is -0.774. The number of hydrogen-bond donors (Lipinski definition) is 0. The van der Waals surface area contributed by atoms with E-state index in [1.807, 2.05) is 50.1 Å². The zero-order chi connectivity index (χ0) is 14.8. The van der Waals surface area contributed by atoms with E-state index in [1.54, 1.807) is 0 Å². The Morgan fingerprint density at radius 1 is 1.40 bits per heavy atom. The van der Waals surface area contributed by atoms with Crippen molar-refractivity contribution in [3.63, 3.8) is 0 Å². The summed E-state index contributed by atoms with van der Waals surface area (Å²) in [6.07, 6.45) is 0.188. The van der Waals surface area contributed by atoms with Gasteiger partial charge in [0.05, 0.1) is 20.1 Å². The quantitative estimate of drug-likeness (QED) is 0.788. The summed E-state index contributed by atoms with van der Waals surface area (Å²) in [7, 11) is 3.36. The van der Waals surface area contributed by atoms with Crippen molar-refractivity contribution < 1.29 is 19.0 Å². The van der Waals surface area contributed by atoms with Gasteiger partial charge in [-0.3, -0.25) is 4.79 Å². The van der Waals surface area contributed by atoms with Crippen LogP contribution in [0.5, 0.6) is 0 Å². The fraction of sp³-hybridized carbons (Fsp3) is 0.533. The summed E-state index contributed by atoms with van der Waals surface area (Å²) in [5.41, 5.74) is 1.95. The van der Waals surface area contributed by atoms with Crippen LogP contribution in [0.4, 0.5) is 5.69 Å². The lowest BCUT2D eigenvalue weighted by atomic mass is 10.1. The minimum Gasteiger partial charge on any atom is -0.469 e. The highest BCUT2D eigenvalue weighted by Crippen LogP contribution is 2.27. The van der Waals surface area contributed by atoms with Gasteiger partial charge in [-0.1, -0.05) is 12.1 Å². The molecule has 1 aliphatic rings. The van der Waals surface area contributed by atoms with Crippen LogP contribution in [0.3, 0.4) is 0 Å². The molecule has 0 bridgehead atoms. The SMILES string of the molecule is COC(=O)Cc1ccc(N(C)C2COC(C)(C)O2)cc1. The Labute approximate surface area is 119 Å². The molecule has 1 aromatic rings. The van der Waals surface area contributed by atoms with Crippen molar-refractivity contribution in [2.24, 2.45) is 0 Å². The zero-order valence-corrected chi connectivity index (χ0v) is 12.4. The lowest BCUT2D eigenvalue weighted by Crippen LogP contribution is -2.35. The van der Waals surface area contributed by atoms with Gasteiger partial charge in [0.1, 0.15) is 0 Å². The second kappa shape index (κ2) is 5.81. The van der Waals surface area contributed by atoms with E-state index in [0.717, 1.165) is 11.3 Å². The number of ether oxygens (including phenoxy) is 3. The van der Waals surface area contributed by atoms with Gasteiger partial charge in [-0.25, -0.2) is 0 Å². The lowest BCUT2D eigenvalue weighted by Gasteiger charge is -2.26. The van der Waals surface area contributed by atoms with Gasteiger partial charge in [-0.05, 0) is 31.5 Å². The average molecular weight is 279 g/mol. The molecule has 1 saturated heterocycles. The van der Waals surface area contributed by atoms with Crippen LogP contribution < -0.4 is 4.90 Å². The number of methoxy groups -OCH3 is 1. The molecule has 5 nitrogen and oxygen atoms in total. The van der Waals surface area contributed by atoms with E-state index in [4.69, 9.17) is 9.47 Å². The Morgan fingerprint density at radius 3 is 2.55 bits per heavy atom. The van der Waals surface area contributed by atoms with Gasteiger partial charge in [0.25, 0.3) is 0 Å². The molecule has 0 aromatic heterocycles. The van der Waals surface area contributed by atoms with E-state index in [9.17, 15) is 4.79 Å². The maximum absolute atomic E-state index is 11.2. The average Bonchev–Trinajstić information content (AvgIpc) is 2.79. The molecule has 2 rings (SSSR count). The van der Waals surface area contributed by atoms with Gasteiger partial charge >= 0.3 is 5.97 Å². The van der Waals surface area contributed by atoms with Gasteiger partial charge in [0, 0.05) is 12.7 Å². The van der Waals surface area contributed by atoms with Gasteiger partial charge in [0.2, 0.25) is 0 Å². The molecule has 1 fully saturated rings. The van der Waals surface area contributed by atoms with Crippen LogP contribution in [0.1, 0.15) is 19.4 Å². The van der Waals surface area contributed by atoms with Gasteiger partial charge < -0.3 is 19.1 Å². The lowest BCUT2D eigenvalue weighted by molar-refractivity contribution is -0.140. The van der Waals surface area contributed by atoms with Crippen molar-refractivity contribution in [3.05, 3.63) is 29.8 Å². The second-order valence-electron chi connectivity index (χ2n) is 5.31. The number of anilines is 1. The van der Waals surface area contributed by atoms with Crippen LogP contribution in [0.2, 0.25) is 0 Å². The second-order valence-corrected chi connectivity index (χ2v) is 5.31. The molecule has 0 radical (unpaired) electrons. The molecular formula is C15H21NO4. The van der Waals surface area contributed by atoms with E-state index in [1.165, 1.54) is 7.11 Å². The molecule has 0 N–H and O–H groups in total. The number of likely N-dealkylation sites (N-methyl/N-ethyl adjacent to an activating group) is 1. The van der Waals surface area contributed by atoms with Crippen molar-refractivity contribution in [1.82, 2.24) is 0 Å². The summed E-state index contributed by atoms with van der Waals surface area (Å²) < 4.78 is 16.0. The van der Waals surface area contributed by atoms with E-state index >= 15 is 0 Å². The van der Waals surface area contributed by atoms with E-state index in [-0.39, 0.29) is 18.6 Å². The normalized spacial score (nSPS) is 20.7. The highest BCUT2D eigenvalue weighted by Gasteiger charge is 2.35. The molecule has 5 heteroatoms. The summed E-state index contributed by atoms with van der Waals surface area (Å²) in [4.78, 5) is 13.2. The first-order valence-electron chi connectivity index (χ1n) is 6.61. The fourth-order valence-electron chi connectivity index (χ4n) is 2.11. The number of hydrogen-bond acceptors (Lipinski definition) is 5. The molecule has 0 amide bonds. The summed E-state index contributed by atoms with van der Waals surface area (Å²) in [6, 6.07) is 7.77. The summed E-state index contributed by atoms with van der Waals surface area (Å²) >= 11 is 0. The number of carbonyl (C=O) groups is 1. The minimum absolute atomic E-state index is 0.101. The third-order valence-corrected chi connectivity index (χ3v) is 3.35. The van der Waals surface area contributed by atoms with E-state index in [0.29, 0.717) is 6.61 Å². The number of benzene rings is 1. The van der Waals surface area contributed by atoms with Crippen LogP contribution in [-0.2, 0) is 25.4 Å². The largest absolute Gasteiger partial charge is 0.469 e. The first kappa shape index (κ1) is 14.8. The van der Waals surface area contributed by atoms with Gasteiger partial charge in [-0.15, -0.1) is 0 Å². The molecule has 20 heavy (non-hydrogen) atoms. The van der Waals surface area contributed by atoms with Crippen LogP contribution >= 0.6 is 0 Å². The Kier molecular flexibility index (Phi) is 4.30.